The van der Waals surface area contributed by atoms with Crippen molar-refractivity contribution in [2.24, 2.45) is 0 Å². The third-order valence-corrected chi connectivity index (χ3v) is 4.82. The van der Waals surface area contributed by atoms with Gasteiger partial charge < -0.3 is 0 Å². The molecule has 0 unspecified atom stereocenters. The fraction of sp³-hybridized carbons (Fsp3) is 0.158. The zero-order valence-corrected chi connectivity index (χ0v) is 14.1. The number of hydrogen-bond acceptors (Lipinski definition) is 5. The second kappa shape index (κ2) is 6.46. The number of aromatic nitrogens is 2. The number of hydrogen-bond donors (Lipinski definition) is 1. The van der Waals surface area contributed by atoms with E-state index in [-0.39, 0.29) is 5.91 Å². The standard InChI is InChI=1S/C19H14N4OS/c20-10-12-3-1-4-14(9-12)16-11-25-19(22-16)23-18(24)15-5-2-8-21-17(15)13-6-7-13/h1-5,8-9,11,13H,6-7H2,(H,22,23,24). The van der Waals surface area contributed by atoms with Crippen LogP contribution in [-0.2, 0) is 0 Å². The summed E-state index contributed by atoms with van der Waals surface area (Å²) in [6.07, 6.45) is 3.91. The number of amides is 1. The summed E-state index contributed by atoms with van der Waals surface area (Å²) in [4.78, 5) is 21.4. The molecular weight excluding hydrogens is 332 g/mol. The van der Waals surface area contributed by atoms with E-state index in [9.17, 15) is 4.79 Å². The highest BCUT2D eigenvalue weighted by Gasteiger charge is 2.29. The van der Waals surface area contributed by atoms with Gasteiger partial charge in [0.05, 0.1) is 28.6 Å². The molecule has 1 aliphatic rings. The lowest BCUT2D eigenvalue weighted by Gasteiger charge is -2.06. The highest BCUT2D eigenvalue weighted by molar-refractivity contribution is 7.14. The molecule has 1 N–H and O–H groups in total. The molecule has 0 atom stereocenters. The van der Waals surface area contributed by atoms with Gasteiger partial charge in [-0.1, -0.05) is 12.1 Å². The SMILES string of the molecule is N#Cc1cccc(-c2csc(NC(=O)c3cccnc3C3CC3)n2)c1. The molecule has 0 aliphatic heterocycles. The molecule has 0 spiro atoms. The summed E-state index contributed by atoms with van der Waals surface area (Å²) in [5.74, 6) is 0.226. The number of anilines is 1. The molecule has 1 amide bonds. The monoisotopic (exact) mass is 346 g/mol. The molecule has 2 aromatic heterocycles. The van der Waals surface area contributed by atoms with E-state index in [0.717, 1.165) is 29.8 Å². The van der Waals surface area contributed by atoms with E-state index in [4.69, 9.17) is 5.26 Å². The first-order valence-electron chi connectivity index (χ1n) is 7.97. The molecule has 0 radical (unpaired) electrons. The van der Waals surface area contributed by atoms with Crippen molar-refractivity contribution in [3.63, 3.8) is 0 Å². The Balaban J connectivity index is 1.55. The predicted octanol–water partition coefficient (Wildman–Crippen LogP) is 4.21. The summed E-state index contributed by atoms with van der Waals surface area (Å²) in [5, 5.41) is 14.3. The third kappa shape index (κ3) is 3.28. The van der Waals surface area contributed by atoms with Gasteiger partial charge in [-0.05, 0) is 37.1 Å². The average Bonchev–Trinajstić information content (AvgIpc) is 3.41. The number of benzene rings is 1. The minimum absolute atomic E-state index is 0.179. The molecule has 1 aliphatic carbocycles. The predicted molar refractivity (Wildman–Crippen MR) is 96.4 cm³/mol. The van der Waals surface area contributed by atoms with Gasteiger partial charge in [0.25, 0.3) is 5.91 Å². The van der Waals surface area contributed by atoms with E-state index < -0.39 is 0 Å². The van der Waals surface area contributed by atoms with Crippen molar-refractivity contribution >= 4 is 22.4 Å². The van der Waals surface area contributed by atoms with Crippen LogP contribution < -0.4 is 5.32 Å². The lowest BCUT2D eigenvalue weighted by atomic mass is 10.1. The molecule has 0 saturated heterocycles. The van der Waals surface area contributed by atoms with Crippen LogP contribution in [0.5, 0.6) is 0 Å². The molecule has 2 heterocycles. The second-order valence-corrected chi connectivity index (χ2v) is 6.75. The number of carbonyl (C=O) groups excluding carboxylic acids is 1. The van der Waals surface area contributed by atoms with Gasteiger partial charge in [-0.15, -0.1) is 11.3 Å². The normalized spacial score (nSPS) is 13.2. The van der Waals surface area contributed by atoms with Gasteiger partial charge in [0.2, 0.25) is 0 Å². The molecule has 1 saturated carbocycles. The van der Waals surface area contributed by atoms with Gasteiger partial charge >= 0.3 is 0 Å². The average molecular weight is 346 g/mol. The van der Waals surface area contributed by atoms with Gasteiger partial charge in [-0.2, -0.15) is 5.26 Å². The van der Waals surface area contributed by atoms with E-state index >= 15 is 0 Å². The Morgan fingerprint density at radius 2 is 2.16 bits per heavy atom. The van der Waals surface area contributed by atoms with Crippen LogP contribution in [-0.4, -0.2) is 15.9 Å². The Labute approximate surface area is 149 Å². The maximum absolute atomic E-state index is 12.6. The quantitative estimate of drug-likeness (QED) is 0.767. The summed E-state index contributed by atoms with van der Waals surface area (Å²) in [6.45, 7) is 0. The summed E-state index contributed by atoms with van der Waals surface area (Å²) in [7, 11) is 0. The summed E-state index contributed by atoms with van der Waals surface area (Å²) >= 11 is 1.36. The first-order valence-corrected chi connectivity index (χ1v) is 8.85. The van der Waals surface area contributed by atoms with Gasteiger partial charge in [0, 0.05) is 23.1 Å². The van der Waals surface area contributed by atoms with Gasteiger partial charge in [-0.3, -0.25) is 15.1 Å². The topological polar surface area (TPSA) is 78.7 Å². The number of carbonyl (C=O) groups is 1. The molecule has 3 aromatic rings. The Morgan fingerprint density at radius 1 is 1.28 bits per heavy atom. The lowest BCUT2D eigenvalue weighted by molar-refractivity contribution is 0.102. The Kier molecular flexibility index (Phi) is 4.00. The van der Waals surface area contributed by atoms with Gasteiger partial charge in [0.15, 0.2) is 5.13 Å². The lowest BCUT2D eigenvalue weighted by Crippen LogP contribution is -2.14. The number of nitriles is 1. The Hall–Kier alpha value is -3.04. The molecular formula is C19H14N4OS. The van der Waals surface area contributed by atoms with E-state index in [1.165, 1.54) is 11.3 Å². The fourth-order valence-electron chi connectivity index (χ4n) is 2.67. The molecule has 1 fully saturated rings. The minimum Gasteiger partial charge on any atom is -0.298 e. The molecule has 0 bridgehead atoms. The number of nitrogens with zero attached hydrogens (tertiary/aromatic N) is 3. The van der Waals surface area contributed by atoms with Crippen LogP contribution in [0.15, 0.2) is 48.0 Å². The van der Waals surface area contributed by atoms with E-state index in [0.29, 0.717) is 22.2 Å². The van der Waals surface area contributed by atoms with Crippen molar-refractivity contribution in [2.45, 2.75) is 18.8 Å². The summed E-state index contributed by atoms with van der Waals surface area (Å²) in [5.41, 5.74) is 3.68. The zero-order valence-electron chi connectivity index (χ0n) is 13.3. The zero-order chi connectivity index (χ0) is 17.2. The highest BCUT2D eigenvalue weighted by atomic mass is 32.1. The van der Waals surface area contributed by atoms with Gasteiger partial charge in [-0.25, -0.2) is 4.98 Å². The smallest absolute Gasteiger partial charge is 0.259 e. The molecule has 4 rings (SSSR count). The molecule has 1 aromatic carbocycles. The maximum Gasteiger partial charge on any atom is 0.259 e. The van der Waals surface area contributed by atoms with Crippen LogP contribution in [0.25, 0.3) is 11.3 Å². The first kappa shape index (κ1) is 15.5. The van der Waals surface area contributed by atoms with Crippen molar-refractivity contribution in [1.29, 1.82) is 5.26 Å². The van der Waals surface area contributed by atoms with E-state index in [1.807, 2.05) is 17.5 Å². The minimum atomic E-state index is -0.179. The summed E-state index contributed by atoms with van der Waals surface area (Å²) < 4.78 is 0. The van der Waals surface area contributed by atoms with Crippen LogP contribution in [0, 0.1) is 11.3 Å². The number of nitrogens with one attached hydrogen (secondary N) is 1. The van der Waals surface area contributed by atoms with Crippen LogP contribution >= 0.6 is 11.3 Å². The first-order chi connectivity index (χ1) is 12.2. The van der Waals surface area contributed by atoms with Crippen molar-refractivity contribution < 1.29 is 4.79 Å². The van der Waals surface area contributed by atoms with Crippen molar-refractivity contribution in [3.05, 3.63) is 64.8 Å². The Bertz CT molecular complexity index is 985. The van der Waals surface area contributed by atoms with Crippen LogP contribution in [0.2, 0.25) is 0 Å². The molecule has 6 heteroatoms. The van der Waals surface area contributed by atoms with Crippen LogP contribution in [0.1, 0.15) is 40.4 Å². The van der Waals surface area contributed by atoms with Crippen molar-refractivity contribution in [2.75, 3.05) is 5.32 Å². The molecule has 25 heavy (non-hydrogen) atoms. The van der Waals surface area contributed by atoms with Crippen LogP contribution in [0.4, 0.5) is 5.13 Å². The van der Waals surface area contributed by atoms with Gasteiger partial charge in [0.1, 0.15) is 0 Å². The molecule has 122 valence electrons. The van der Waals surface area contributed by atoms with E-state index in [2.05, 4.69) is 21.4 Å². The van der Waals surface area contributed by atoms with Crippen LogP contribution in [0.3, 0.4) is 0 Å². The highest BCUT2D eigenvalue weighted by Crippen LogP contribution is 2.40. The molecule has 5 nitrogen and oxygen atoms in total. The number of pyridine rings is 1. The third-order valence-electron chi connectivity index (χ3n) is 4.06. The summed E-state index contributed by atoms with van der Waals surface area (Å²) in [6, 6.07) is 13.0. The van der Waals surface area contributed by atoms with E-state index in [1.54, 1.807) is 30.5 Å². The fourth-order valence-corrected chi connectivity index (χ4v) is 3.38. The second-order valence-electron chi connectivity index (χ2n) is 5.90. The maximum atomic E-state index is 12.6. The van der Waals surface area contributed by atoms with Crippen molar-refractivity contribution in [3.8, 4) is 17.3 Å². The largest absolute Gasteiger partial charge is 0.298 e. The number of rotatable bonds is 4. The van der Waals surface area contributed by atoms with Crippen molar-refractivity contribution in [1.82, 2.24) is 9.97 Å². The number of thiazole rings is 1. The Morgan fingerprint density at radius 3 is 2.96 bits per heavy atom.